The number of halogens is 1. The maximum Gasteiger partial charge on any atom is 0.263 e. The highest BCUT2D eigenvalue weighted by atomic mass is 35.5. The highest BCUT2D eigenvalue weighted by Crippen LogP contribution is 2.27. The highest BCUT2D eigenvalue weighted by Gasteiger charge is 2.19. The van der Waals surface area contributed by atoms with Gasteiger partial charge in [-0.25, -0.2) is 8.42 Å². The molecule has 9 heteroatoms. The second-order valence-electron chi connectivity index (χ2n) is 5.36. The Morgan fingerprint density at radius 3 is 2.42 bits per heavy atom. The molecule has 0 atom stereocenters. The Morgan fingerprint density at radius 2 is 1.81 bits per heavy atom. The molecule has 0 radical (unpaired) electrons. The van der Waals surface area contributed by atoms with Crippen LogP contribution >= 0.6 is 23.8 Å². The smallest absolute Gasteiger partial charge is 0.263 e. The van der Waals surface area contributed by atoms with E-state index in [-0.39, 0.29) is 9.92 Å². The number of anilines is 2. The van der Waals surface area contributed by atoms with Crippen LogP contribution < -0.4 is 20.1 Å². The van der Waals surface area contributed by atoms with E-state index in [1.807, 2.05) is 6.92 Å². The number of sulfonamides is 1. The van der Waals surface area contributed by atoms with E-state index in [1.54, 1.807) is 30.3 Å². The first-order chi connectivity index (χ1) is 12.4. The molecular weight excluding hydrogens is 394 g/mol. The van der Waals surface area contributed by atoms with Crippen molar-refractivity contribution in [1.82, 2.24) is 5.32 Å². The van der Waals surface area contributed by atoms with Gasteiger partial charge in [0.15, 0.2) is 5.11 Å². The number of methoxy groups -OCH3 is 1. The van der Waals surface area contributed by atoms with E-state index in [0.717, 1.165) is 13.0 Å². The van der Waals surface area contributed by atoms with Gasteiger partial charge in [-0.1, -0.05) is 18.5 Å². The minimum atomic E-state index is -3.87. The van der Waals surface area contributed by atoms with Crippen LogP contribution in [-0.2, 0) is 10.0 Å². The van der Waals surface area contributed by atoms with Crippen LogP contribution in [0.3, 0.4) is 0 Å². The van der Waals surface area contributed by atoms with Crippen molar-refractivity contribution >= 4 is 50.3 Å². The molecule has 0 saturated carbocycles. The van der Waals surface area contributed by atoms with Crippen LogP contribution in [0.5, 0.6) is 5.75 Å². The fraction of sp³-hybridized carbons (Fsp3) is 0.235. The van der Waals surface area contributed by atoms with Crippen molar-refractivity contribution in [2.75, 3.05) is 23.7 Å². The molecule has 2 rings (SSSR count). The Morgan fingerprint density at radius 1 is 1.15 bits per heavy atom. The Hall–Kier alpha value is -2.03. The van der Waals surface area contributed by atoms with Crippen LogP contribution in [0.1, 0.15) is 13.3 Å². The number of nitrogens with one attached hydrogen (secondary N) is 3. The molecule has 2 aromatic rings. The number of benzene rings is 2. The summed E-state index contributed by atoms with van der Waals surface area (Å²) in [6.07, 6.45) is 0.924. The molecule has 0 aliphatic rings. The van der Waals surface area contributed by atoms with Crippen molar-refractivity contribution in [3.05, 3.63) is 47.5 Å². The Kier molecular flexibility index (Phi) is 7.07. The zero-order valence-electron chi connectivity index (χ0n) is 14.4. The summed E-state index contributed by atoms with van der Waals surface area (Å²) in [5.74, 6) is 0.630. The normalized spacial score (nSPS) is 10.9. The average Bonchev–Trinajstić information content (AvgIpc) is 2.61. The first-order valence-corrected chi connectivity index (χ1v) is 10.1. The quantitative estimate of drug-likeness (QED) is 0.598. The lowest BCUT2D eigenvalue weighted by atomic mass is 10.3. The monoisotopic (exact) mass is 413 g/mol. The van der Waals surface area contributed by atoms with E-state index in [2.05, 4.69) is 15.4 Å². The SMILES string of the molecule is CCCNC(=S)Nc1ccc(Cl)c(S(=O)(=O)Nc2ccc(OC)cc2)c1. The largest absolute Gasteiger partial charge is 0.497 e. The molecule has 0 aliphatic carbocycles. The van der Waals surface area contributed by atoms with Gasteiger partial charge in [0.2, 0.25) is 0 Å². The van der Waals surface area contributed by atoms with Crippen molar-refractivity contribution in [3.8, 4) is 5.75 Å². The van der Waals surface area contributed by atoms with Gasteiger partial charge in [-0.3, -0.25) is 4.72 Å². The van der Waals surface area contributed by atoms with Gasteiger partial charge in [0.1, 0.15) is 10.6 Å². The lowest BCUT2D eigenvalue weighted by Gasteiger charge is -2.13. The summed E-state index contributed by atoms with van der Waals surface area (Å²) >= 11 is 11.3. The fourth-order valence-corrected chi connectivity index (χ4v) is 3.88. The number of ether oxygens (including phenoxy) is 1. The molecule has 0 heterocycles. The predicted molar refractivity (Wildman–Crippen MR) is 110 cm³/mol. The topological polar surface area (TPSA) is 79.5 Å². The van der Waals surface area contributed by atoms with E-state index >= 15 is 0 Å². The molecular formula is C17H20ClN3O3S2. The zero-order chi connectivity index (χ0) is 19.2. The highest BCUT2D eigenvalue weighted by molar-refractivity contribution is 7.92. The summed E-state index contributed by atoms with van der Waals surface area (Å²) in [7, 11) is -2.33. The molecule has 0 amide bonds. The first-order valence-electron chi connectivity index (χ1n) is 7.87. The molecule has 3 N–H and O–H groups in total. The van der Waals surface area contributed by atoms with Gasteiger partial charge < -0.3 is 15.4 Å². The van der Waals surface area contributed by atoms with Gasteiger partial charge in [-0.15, -0.1) is 0 Å². The second-order valence-corrected chi connectivity index (χ2v) is 7.83. The third kappa shape index (κ3) is 5.48. The minimum absolute atomic E-state index is 0.0433. The molecule has 26 heavy (non-hydrogen) atoms. The van der Waals surface area contributed by atoms with Crippen molar-refractivity contribution < 1.29 is 13.2 Å². The fourth-order valence-electron chi connectivity index (χ4n) is 2.07. The zero-order valence-corrected chi connectivity index (χ0v) is 16.8. The van der Waals surface area contributed by atoms with Gasteiger partial charge in [-0.05, 0) is 61.1 Å². The van der Waals surface area contributed by atoms with Crippen molar-refractivity contribution in [1.29, 1.82) is 0 Å². The molecule has 0 bridgehead atoms. The maximum absolute atomic E-state index is 12.7. The molecule has 6 nitrogen and oxygen atoms in total. The number of hydrogen-bond donors (Lipinski definition) is 3. The summed E-state index contributed by atoms with van der Waals surface area (Å²) in [5.41, 5.74) is 0.929. The Labute approximate surface area is 163 Å². The molecule has 0 spiro atoms. The number of rotatable bonds is 7. The molecule has 0 aliphatic heterocycles. The standard InChI is InChI=1S/C17H20ClN3O3S2/c1-3-10-19-17(25)20-13-6-9-15(18)16(11-13)26(22,23)21-12-4-7-14(24-2)8-5-12/h4-9,11,21H,3,10H2,1-2H3,(H2,19,20,25). The second kappa shape index (κ2) is 9.07. The number of hydrogen-bond acceptors (Lipinski definition) is 4. The Balaban J connectivity index is 2.21. The van der Waals surface area contributed by atoms with Crippen molar-refractivity contribution in [3.63, 3.8) is 0 Å². The molecule has 2 aromatic carbocycles. The predicted octanol–water partition coefficient (Wildman–Crippen LogP) is 3.85. The summed E-state index contributed by atoms with van der Waals surface area (Å²) < 4.78 is 32.9. The first kappa shape index (κ1) is 20.3. The van der Waals surface area contributed by atoms with Crippen molar-refractivity contribution in [2.45, 2.75) is 18.2 Å². The molecule has 0 fully saturated rings. The minimum Gasteiger partial charge on any atom is -0.497 e. The molecule has 0 saturated heterocycles. The third-order valence-electron chi connectivity index (χ3n) is 3.36. The van der Waals surface area contributed by atoms with E-state index in [0.29, 0.717) is 22.2 Å². The maximum atomic E-state index is 12.7. The lowest BCUT2D eigenvalue weighted by molar-refractivity contribution is 0.415. The Bertz CT molecular complexity index is 871. The van der Waals surface area contributed by atoms with Crippen LogP contribution in [0, 0.1) is 0 Å². The van der Waals surface area contributed by atoms with Crippen LogP contribution in [0.2, 0.25) is 5.02 Å². The molecule has 0 aromatic heterocycles. The van der Waals surface area contributed by atoms with E-state index in [1.165, 1.54) is 19.2 Å². The third-order valence-corrected chi connectivity index (χ3v) is 5.47. The number of thiocarbonyl (C=S) groups is 1. The van der Waals surface area contributed by atoms with Gasteiger partial charge in [-0.2, -0.15) is 0 Å². The van der Waals surface area contributed by atoms with Crippen LogP contribution in [0.4, 0.5) is 11.4 Å². The van der Waals surface area contributed by atoms with Crippen LogP contribution in [0.25, 0.3) is 0 Å². The lowest BCUT2D eigenvalue weighted by Crippen LogP contribution is -2.29. The van der Waals surface area contributed by atoms with Crippen molar-refractivity contribution in [2.24, 2.45) is 0 Å². The van der Waals surface area contributed by atoms with Gasteiger partial charge >= 0.3 is 0 Å². The van der Waals surface area contributed by atoms with Crippen LogP contribution in [0.15, 0.2) is 47.4 Å². The summed E-state index contributed by atoms with van der Waals surface area (Å²) in [5, 5.41) is 6.50. The van der Waals surface area contributed by atoms with Gasteiger partial charge in [0.05, 0.1) is 12.1 Å². The average molecular weight is 414 g/mol. The van der Waals surface area contributed by atoms with E-state index in [9.17, 15) is 8.42 Å². The summed E-state index contributed by atoms with van der Waals surface area (Å²) in [6, 6.07) is 11.1. The van der Waals surface area contributed by atoms with E-state index in [4.69, 9.17) is 28.6 Å². The molecule has 0 unspecified atom stereocenters. The van der Waals surface area contributed by atoms with Crippen LogP contribution in [-0.4, -0.2) is 27.2 Å². The van der Waals surface area contributed by atoms with E-state index < -0.39 is 10.0 Å². The van der Waals surface area contributed by atoms with Gasteiger partial charge in [0, 0.05) is 17.9 Å². The molecule has 140 valence electrons. The van der Waals surface area contributed by atoms with Gasteiger partial charge in [0.25, 0.3) is 10.0 Å². The summed E-state index contributed by atoms with van der Waals surface area (Å²) in [4.78, 5) is -0.0433. The summed E-state index contributed by atoms with van der Waals surface area (Å²) in [6.45, 7) is 2.75.